The van der Waals surface area contributed by atoms with Gasteiger partial charge in [-0.25, -0.2) is 13.9 Å². The molecule has 0 aliphatic carbocycles. The number of benzene rings is 2. The van der Waals surface area contributed by atoms with Crippen molar-refractivity contribution in [2.24, 2.45) is 0 Å². The number of fused-ring (bicyclic) bond motifs is 2. The first-order chi connectivity index (χ1) is 16.5. The second-order valence-electron chi connectivity index (χ2n) is 8.15. The minimum atomic E-state index is -5.92. The van der Waals surface area contributed by atoms with Gasteiger partial charge < -0.3 is 4.90 Å². The van der Waals surface area contributed by atoms with E-state index in [4.69, 9.17) is 0 Å². The van der Waals surface area contributed by atoms with Gasteiger partial charge in [-0.1, -0.05) is 24.3 Å². The van der Waals surface area contributed by atoms with Gasteiger partial charge in [0, 0.05) is 24.7 Å². The number of nitrogens with zero attached hydrogens (tertiary/aromatic N) is 4. The lowest BCUT2D eigenvalue weighted by Crippen LogP contribution is -2.37. The van der Waals surface area contributed by atoms with Gasteiger partial charge >= 0.3 is 12.1 Å². The molecule has 1 aliphatic heterocycles. The molecule has 0 fully saturated rings. The zero-order valence-electron chi connectivity index (χ0n) is 17.9. The maximum Gasteiger partial charge on any atom is 0.459 e. The molecule has 1 amide bonds. The standard InChI is InChI=1S/C24H16F6N4O/c25-17-7-5-15(6-8-17)18-11-20(23(26,27)24(28,29)30)34-21(31-18)12-19(32-34)22(35)33-10-9-14-3-1-2-4-16(14)13-33/h1-8,11-12H,9-10,13H2. The summed E-state index contributed by atoms with van der Waals surface area (Å²) < 4.78 is 82.5. The molecule has 0 bridgehead atoms. The summed E-state index contributed by atoms with van der Waals surface area (Å²) in [5, 5.41) is 3.80. The molecule has 0 radical (unpaired) electrons. The van der Waals surface area contributed by atoms with Crippen molar-refractivity contribution in [3.63, 3.8) is 0 Å². The van der Waals surface area contributed by atoms with E-state index in [1.54, 1.807) is 0 Å². The second-order valence-corrected chi connectivity index (χ2v) is 8.15. The maximum atomic E-state index is 14.5. The first kappa shape index (κ1) is 22.9. The van der Waals surface area contributed by atoms with Gasteiger partial charge in [-0.15, -0.1) is 0 Å². The van der Waals surface area contributed by atoms with E-state index in [0.717, 1.165) is 29.3 Å². The molecule has 4 aromatic rings. The fourth-order valence-corrected chi connectivity index (χ4v) is 4.05. The maximum absolute atomic E-state index is 14.5. The van der Waals surface area contributed by atoms with Crippen molar-refractivity contribution >= 4 is 11.6 Å². The topological polar surface area (TPSA) is 50.5 Å². The highest BCUT2D eigenvalue weighted by Gasteiger charge is 2.60. The normalized spacial score (nSPS) is 14.3. The van der Waals surface area contributed by atoms with Gasteiger partial charge in [0.05, 0.1) is 5.69 Å². The van der Waals surface area contributed by atoms with Crippen LogP contribution < -0.4 is 0 Å². The van der Waals surface area contributed by atoms with Gasteiger partial charge in [0.2, 0.25) is 0 Å². The first-order valence-electron chi connectivity index (χ1n) is 10.5. The highest BCUT2D eigenvalue weighted by atomic mass is 19.4. The molecule has 35 heavy (non-hydrogen) atoms. The molecule has 11 heteroatoms. The number of carbonyl (C=O) groups excluding carboxylic acids is 1. The summed E-state index contributed by atoms with van der Waals surface area (Å²) in [5.74, 6) is -6.52. The van der Waals surface area contributed by atoms with Crippen LogP contribution in [0.4, 0.5) is 26.3 Å². The van der Waals surface area contributed by atoms with Crippen LogP contribution in [0.15, 0.2) is 60.7 Å². The van der Waals surface area contributed by atoms with E-state index in [0.29, 0.717) is 23.5 Å². The fourth-order valence-electron chi connectivity index (χ4n) is 4.05. The van der Waals surface area contributed by atoms with Crippen LogP contribution in [0, 0.1) is 5.82 Å². The van der Waals surface area contributed by atoms with Gasteiger partial charge in [0.15, 0.2) is 11.3 Å². The molecule has 0 saturated heterocycles. The molecule has 180 valence electrons. The largest absolute Gasteiger partial charge is 0.459 e. The summed E-state index contributed by atoms with van der Waals surface area (Å²) in [6.07, 6.45) is -5.35. The smallest absolute Gasteiger partial charge is 0.333 e. The van der Waals surface area contributed by atoms with Gasteiger partial charge in [-0.3, -0.25) is 4.79 Å². The minimum absolute atomic E-state index is 0.120. The van der Waals surface area contributed by atoms with E-state index in [-0.39, 0.29) is 29.1 Å². The summed E-state index contributed by atoms with van der Waals surface area (Å²) in [7, 11) is 0. The Kier molecular flexibility index (Phi) is 5.30. The molecular formula is C24H16F6N4O. The third-order valence-electron chi connectivity index (χ3n) is 5.88. The van der Waals surface area contributed by atoms with Crippen LogP contribution in [-0.2, 0) is 18.9 Å². The average Bonchev–Trinajstić information content (AvgIpc) is 3.26. The van der Waals surface area contributed by atoms with E-state index < -0.39 is 29.5 Å². The van der Waals surface area contributed by atoms with Gasteiger partial charge in [0.25, 0.3) is 5.91 Å². The number of hydrogen-bond acceptors (Lipinski definition) is 3. The highest BCUT2D eigenvalue weighted by molar-refractivity contribution is 5.93. The number of carbonyl (C=O) groups is 1. The number of alkyl halides is 5. The van der Waals surface area contributed by atoms with Crippen LogP contribution in [0.3, 0.4) is 0 Å². The van der Waals surface area contributed by atoms with Crippen molar-refractivity contribution < 1.29 is 31.1 Å². The zero-order chi connectivity index (χ0) is 25.0. The lowest BCUT2D eigenvalue weighted by molar-refractivity contribution is -0.291. The van der Waals surface area contributed by atoms with Crippen LogP contribution in [0.1, 0.15) is 27.3 Å². The molecule has 1 aliphatic rings. The summed E-state index contributed by atoms with van der Waals surface area (Å²) in [6.45, 7) is 0.590. The predicted octanol–water partition coefficient (Wildman–Crippen LogP) is 5.39. The Bertz CT molecular complexity index is 1430. The summed E-state index contributed by atoms with van der Waals surface area (Å²) in [5.41, 5.74) is -0.325. The Morgan fingerprint density at radius 2 is 1.60 bits per heavy atom. The van der Waals surface area contributed by atoms with Crippen molar-refractivity contribution in [2.75, 3.05) is 6.54 Å². The van der Waals surface area contributed by atoms with Crippen LogP contribution in [0.25, 0.3) is 16.9 Å². The SMILES string of the molecule is O=C(c1cc2nc(-c3ccc(F)cc3)cc(C(F)(F)C(F)(F)F)n2n1)N1CCc2ccccc2C1. The molecule has 0 N–H and O–H groups in total. The molecular weight excluding hydrogens is 474 g/mol. The quantitative estimate of drug-likeness (QED) is 0.362. The average molecular weight is 490 g/mol. The molecule has 5 nitrogen and oxygen atoms in total. The van der Waals surface area contributed by atoms with Crippen molar-refractivity contribution in [1.29, 1.82) is 0 Å². The Balaban J connectivity index is 1.60. The minimum Gasteiger partial charge on any atom is -0.333 e. The van der Waals surface area contributed by atoms with Gasteiger partial charge in [-0.2, -0.15) is 27.1 Å². The Morgan fingerprint density at radius 3 is 2.29 bits per heavy atom. The fraction of sp³-hybridized carbons (Fsp3) is 0.208. The molecule has 0 atom stereocenters. The molecule has 2 aromatic carbocycles. The third kappa shape index (κ3) is 4.00. The Morgan fingerprint density at radius 1 is 0.914 bits per heavy atom. The predicted molar refractivity (Wildman–Crippen MR) is 113 cm³/mol. The van der Waals surface area contributed by atoms with E-state index >= 15 is 0 Å². The molecule has 2 aromatic heterocycles. The zero-order valence-corrected chi connectivity index (χ0v) is 17.9. The number of halogens is 6. The number of aromatic nitrogens is 3. The van der Waals surface area contributed by atoms with Crippen LogP contribution >= 0.6 is 0 Å². The van der Waals surface area contributed by atoms with Gasteiger partial charge in [-0.05, 0) is 47.9 Å². The van der Waals surface area contributed by atoms with Crippen molar-refractivity contribution in [1.82, 2.24) is 19.5 Å². The molecule has 0 spiro atoms. The molecule has 5 rings (SSSR count). The number of amides is 1. The molecule has 3 heterocycles. The Hall–Kier alpha value is -3.89. The first-order valence-corrected chi connectivity index (χ1v) is 10.5. The van der Waals surface area contributed by atoms with Crippen molar-refractivity contribution in [3.05, 3.63) is 89.0 Å². The monoisotopic (exact) mass is 490 g/mol. The summed E-state index contributed by atoms with van der Waals surface area (Å²) in [4.78, 5) is 18.7. The van der Waals surface area contributed by atoms with E-state index in [2.05, 4.69) is 10.1 Å². The van der Waals surface area contributed by atoms with E-state index in [1.807, 2.05) is 24.3 Å². The van der Waals surface area contributed by atoms with Crippen LogP contribution in [0.2, 0.25) is 0 Å². The van der Waals surface area contributed by atoms with Crippen molar-refractivity contribution in [2.45, 2.75) is 25.1 Å². The van der Waals surface area contributed by atoms with Crippen molar-refractivity contribution in [3.8, 4) is 11.3 Å². The second kappa shape index (κ2) is 8.10. The summed E-state index contributed by atoms with van der Waals surface area (Å²) in [6, 6.07) is 13.6. The van der Waals surface area contributed by atoms with Gasteiger partial charge in [0.1, 0.15) is 11.5 Å². The highest BCUT2D eigenvalue weighted by Crippen LogP contribution is 2.44. The van der Waals surface area contributed by atoms with Crippen LogP contribution in [0.5, 0.6) is 0 Å². The molecule has 0 unspecified atom stereocenters. The lowest BCUT2D eigenvalue weighted by atomic mass is 10.00. The molecule has 0 saturated carbocycles. The third-order valence-corrected chi connectivity index (χ3v) is 5.88. The number of rotatable bonds is 3. The van der Waals surface area contributed by atoms with E-state index in [9.17, 15) is 31.1 Å². The number of hydrogen-bond donors (Lipinski definition) is 0. The Labute approximate surface area is 194 Å². The summed E-state index contributed by atoms with van der Waals surface area (Å²) >= 11 is 0. The lowest BCUT2D eigenvalue weighted by Gasteiger charge is -2.28. The van der Waals surface area contributed by atoms with Crippen LogP contribution in [-0.4, -0.2) is 38.1 Å². The van der Waals surface area contributed by atoms with E-state index in [1.165, 1.54) is 17.0 Å².